The molecule has 0 aromatic heterocycles. The fraction of sp³-hybridized carbons (Fsp3) is 0.700. The summed E-state index contributed by atoms with van der Waals surface area (Å²) in [5.74, 6) is -1.53. The number of carboxylic acids is 1. The molecule has 4 N–H and O–H groups in total. The maximum absolute atomic E-state index is 11.6. The van der Waals surface area contributed by atoms with Gasteiger partial charge in [0.2, 0.25) is 5.91 Å². The molecule has 8 nitrogen and oxygen atoms in total. The summed E-state index contributed by atoms with van der Waals surface area (Å²) in [6, 6.07) is -2.16. The number of carbonyl (C=O) groups is 3. The Balaban J connectivity index is 2.27. The van der Waals surface area contributed by atoms with Gasteiger partial charge in [-0.25, -0.2) is 9.59 Å². The molecular weight excluding hydrogens is 242 g/mol. The van der Waals surface area contributed by atoms with Crippen LogP contribution in [0.15, 0.2) is 0 Å². The van der Waals surface area contributed by atoms with Crippen LogP contribution in [-0.2, 0) is 9.59 Å². The Hall–Kier alpha value is -1.83. The molecule has 1 aliphatic rings. The fourth-order valence-electron chi connectivity index (χ4n) is 1.63. The average molecular weight is 259 g/mol. The van der Waals surface area contributed by atoms with Crippen LogP contribution in [0.3, 0.4) is 0 Å². The molecule has 1 fully saturated rings. The highest BCUT2D eigenvalue weighted by Crippen LogP contribution is 2.06. The van der Waals surface area contributed by atoms with Crippen LogP contribution in [0.4, 0.5) is 4.79 Å². The second kappa shape index (κ2) is 6.80. The van der Waals surface area contributed by atoms with E-state index in [9.17, 15) is 14.4 Å². The summed E-state index contributed by atoms with van der Waals surface area (Å²) in [5, 5.41) is 21.6. The first-order valence-corrected chi connectivity index (χ1v) is 5.70. The topological polar surface area (TPSA) is 119 Å². The molecule has 0 saturated carbocycles. The summed E-state index contributed by atoms with van der Waals surface area (Å²) in [7, 11) is 0. The van der Waals surface area contributed by atoms with Gasteiger partial charge in [0, 0.05) is 13.1 Å². The van der Waals surface area contributed by atoms with Crippen LogP contribution in [0.25, 0.3) is 0 Å². The largest absolute Gasteiger partial charge is 0.480 e. The number of amides is 3. The SMILES string of the molecule is O=C(NCC(=O)N1CCCC1)NC(CO)C(=O)O. The van der Waals surface area contributed by atoms with Crippen LogP contribution in [0.2, 0.25) is 0 Å². The molecule has 1 aliphatic heterocycles. The van der Waals surface area contributed by atoms with Gasteiger partial charge in [-0.05, 0) is 12.8 Å². The standard InChI is InChI=1S/C10H17N3O5/c14-6-7(9(16)17)12-10(18)11-5-8(15)13-3-1-2-4-13/h7,14H,1-6H2,(H,16,17)(H2,11,12,18). The molecule has 0 spiro atoms. The van der Waals surface area contributed by atoms with Crippen molar-refractivity contribution in [3.63, 3.8) is 0 Å². The first-order chi connectivity index (χ1) is 8.54. The number of rotatable bonds is 5. The van der Waals surface area contributed by atoms with Crippen molar-refractivity contribution in [2.24, 2.45) is 0 Å². The Labute approximate surface area is 104 Å². The van der Waals surface area contributed by atoms with Gasteiger partial charge in [-0.1, -0.05) is 0 Å². The van der Waals surface area contributed by atoms with Gasteiger partial charge >= 0.3 is 12.0 Å². The summed E-state index contributed by atoms with van der Waals surface area (Å²) in [4.78, 5) is 35.0. The Morgan fingerprint density at radius 3 is 2.33 bits per heavy atom. The van der Waals surface area contributed by atoms with Crippen molar-refractivity contribution in [2.75, 3.05) is 26.2 Å². The lowest BCUT2D eigenvalue weighted by molar-refractivity contribution is -0.140. The van der Waals surface area contributed by atoms with E-state index in [1.54, 1.807) is 4.90 Å². The highest BCUT2D eigenvalue weighted by atomic mass is 16.4. The van der Waals surface area contributed by atoms with Crippen molar-refractivity contribution in [1.82, 2.24) is 15.5 Å². The van der Waals surface area contributed by atoms with E-state index in [-0.39, 0.29) is 12.5 Å². The minimum Gasteiger partial charge on any atom is -0.480 e. The molecule has 1 rings (SSSR count). The van der Waals surface area contributed by atoms with Crippen LogP contribution in [0.5, 0.6) is 0 Å². The number of carboxylic acid groups (broad SMARTS) is 1. The van der Waals surface area contributed by atoms with Crippen molar-refractivity contribution >= 4 is 17.9 Å². The normalized spacial score (nSPS) is 16.2. The molecule has 0 radical (unpaired) electrons. The second-order valence-electron chi connectivity index (χ2n) is 3.99. The number of nitrogens with zero attached hydrogens (tertiary/aromatic N) is 1. The van der Waals surface area contributed by atoms with Gasteiger partial charge in [0.05, 0.1) is 13.2 Å². The molecule has 1 atom stereocenters. The summed E-state index contributed by atoms with van der Waals surface area (Å²) in [6.45, 7) is 0.499. The number of urea groups is 1. The van der Waals surface area contributed by atoms with E-state index in [0.29, 0.717) is 13.1 Å². The Bertz CT molecular complexity index is 327. The van der Waals surface area contributed by atoms with E-state index in [1.165, 1.54) is 0 Å². The van der Waals surface area contributed by atoms with E-state index >= 15 is 0 Å². The van der Waals surface area contributed by atoms with Crippen LogP contribution in [-0.4, -0.2) is 65.3 Å². The number of aliphatic carboxylic acids is 1. The number of nitrogens with one attached hydrogen (secondary N) is 2. The summed E-state index contributed by atoms with van der Waals surface area (Å²) < 4.78 is 0. The quantitative estimate of drug-likeness (QED) is 0.472. The van der Waals surface area contributed by atoms with E-state index in [1.807, 2.05) is 5.32 Å². The number of aliphatic hydroxyl groups excluding tert-OH is 1. The minimum absolute atomic E-state index is 0.177. The molecule has 3 amide bonds. The molecule has 1 unspecified atom stereocenters. The van der Waals surface area contributed by atoms with Gasteiger partial charge < -0.3 is 25.7 Å². The van der Waals surface area contributed by atoms with Gasteiger partial charge in [-0.3, -0.25) is 4.79 Å². The highest BCUT2D eigenvalue weighted by molar-refractivity contribution is 5.86. The Morgan fingerprint density at radius 1 is 1.22 bits per heavy atom. The molecule has 0 aromatic carbocycles. The van der Waals surface area contributed by atoms with Gasteiger partial charge in [-0.2, -0.15) is 0 Å². The van der Waals surface area contributed by atoms with Crippen LogP contribution in [0, 0.1) is 0 Å². The zero-order valence-electron chi connectivity index (χ0n) is 9.89. The first-order valence-electron chi connectivity index (χ1n) is 5.70. The molecule has 1 saturated heterocycles. The maximum Gasteiger partial charge on any atom is 0.328 e. The molecule has 102 valence electrons. The lowest BCUT2D eigenvalue weighted by atomic mass is 10.3. The van der Waals surface area contributed by atoms with Crippen molar-refractivity contribution in [1.29, 1.82) is 0 Å². The van der Waals surface area contributed by atoms with Gasteiger partial charge in [-0.15, -0.1) is 0 Å². The summed E-state index contributed by atoms with van der Waals surface area (Å²) >= 11 is 0. The zero-order chi connectivity index (χ0) is 13.5. The summed E-state index contributed by atoms with van der Waals surface area (Å²) in [6.07, 6.45) is 1.92. The predicted molar refractivity (Wildman–Crippen MR) is 60.9 cm³/mol. The number of likely N-dealkylation sites (tertiary alicyclic amines) is 1. The zero-order valence-corrected chi connectivity index (χ0v) is 9.89. The second-order valence-corrected chi connectivity index (χ2v) is 3.99. The van der Waals surface area contributed by atoms with E-state index in [2.05, 4.69) is 5.32 Å². The fourth-order valence-corrected chi connectivity index (χ4v) is 1.63. The molecule has 8 heteroatoms. The monoisotopic (exact) mass is 259 g/mol. The molecule has 1 heterocycles. The maximum atomic E-state index is 11.6. The molecule has 0 aromatic rings. The van der Waals surface area contributed by atoms with Crippen molar-refractivity contribution in [2.45, 2.75) is 18.9 Å². The van der Waals surface area contributed by atoms with Gasteiger partial charge in [0.25, 0.3) is 0 Å². The van der Waals surface area contributed by atoms with E-state index in [4.69, 9.17) is 10.2 Å². The lowest BCUT2D eigenvalue weighted by Gasteiger charge is -2.16. The van der Waals surface area contributed by atoms with Crippen LogP contribution >= 0.6 is 0 Å². The number of hydrogen-bond donors (Lipinski definition) is 4. The molecular formula is C10H17N3O5. The van der Waals surface area contributed by atoms with E-state index < -0.39 is 24.6 Å². The van der Waals surface area contributed by atoms with Gasteiger partial charge in [0.15, 0.2) is 6.04 Å². The third-order valence-electron chi connectivity index (χ3n) is 2.64. The number of aliphatic hydroxyl groups is 1. The molecule has 0 bridgehead atoms. The predicted octanol–water partition coefficient (Wildman–Crippen LogP) is -1.65. The molecule has 0 aliphatic carbocycles. The lowest BCUT2D eigenvalue weighted by Crippen LogP contribution is -2.50. The first kappa shape index (κ1) is 14.2. The van der Waals surface area contributed by atoms with Crippen molar-refractivity contribution in [3.8, 4) is 0 Å². The Kier molecular flexibility index (Phi) is 5.37. The van der Waals surface area contributed by atoms with Crippen LogP contribution in [0.1, 0.15) is 12.8 Å². The van der Waals surface area contributed by atoms with Gasteiger partial charge in [0.1, 0.15) is 0 Å². The smallest absolute Gasteiger partial charge is 0.328 e. The van der Waals surface area contributed by atoms with E-state index in [0.717, 1.165) is 12.8 Å². The third kappa shape index (κ3) is 4.21. The summed E-state index contributed by atoms with van der Waals surface area (Å²) in [5.41, 5.74) is 0. The minimum atomic E-state index is -1.37. The average Bonchev–Trinajstić information content (AvgIpc) is 2.86. The highest BCUT2D eigenvalue weighted by Gasteiger charge is 2.21. The van der Waals surface area contributed by atoms with Crippen molar-refractivity contribution < 1.29 is 24.6 Å². The Morgan fingerprint density at radius 2 is 1.83 bits per heavy atom. The third-order valence-corrected chi connectivity index (χ3v) is 2.64. The van der Waals surface area contributed by atoms with Crippen LogP contribution < -0.4 is 10.6 Å². The number of carbonyl (C=O) groups excluding carboxylic acids is 2. The molecule has 18 heavy (non-hydrogen) atoms. The number of hydrogen-bond acceptors (Lipinski definition) is 4. The van der Waals surface area contributed by atoms with Crippen molar-refractivity contribution in [3.05, 3.63) is 0 Å².